The van der Waals surface area contributed by atoms with Gasteiger partial charge in [-0.05, 0) is 31.6 Å². The van der Waals surface area contributed by atoms with E-state index in [1.807, 2.05) is 0 Å². The zero-order chi connectivity index (χ0) is 12.2. The molecule has 4 heteroatoms. The Bertz CT molecular complexity index is 291. The Morgan fingerprint density at radius 2 is 2.06 bits per heavy atom. The second-order valence-electron chi connectivity index (χ2n) is 4.61. The van der Waals surface area contributed by atoms with E-state index in [4.69, 9.17) is 0 Å². The maximum absolute atomic E-state index is 11.5. The molecule has 4 nitrogen and oxygen atoms in total. The molecule has 0 aromatic carbocycles. The van der Waals surface area contributed by atoms with Crippen molar-refractivity contribution in [2.24, 2.45) is 5.92 Å². The van der Waals surface area contributed by atoms with Crippen LogP contribution in [0.15, 0.2) is 12.7 Å². The van der Waals surface area contributed by atoms with E-state index in [0.29, 0.717) is 18.8 Å². The smallest absolute Gasteiger partial charge is 0.329 e. The van der Waals surface area contributed by atoms with Crippen LogP contribution in [-0.4, -0.2) is 22.5 Å². The fraction of sp³-hybridized carbons (Fsp3) is 0.667. The highest BCUT2D eigenvalue weighted by Gasteiger charge is 2.42. The number of aliphatic carboxylic acids is 1. The van der Waals surface area contributed by atoms with Crippen molar-refractivity contribution in [3.63, 3.8) is 0 Å². The molecule has 1 aliphatic rings. The van der Waals surface area contributed by atoms with Crippen molar-refractivity contribution in [1.82, 2.24) is 5.32 Å². The summed E-state index contributed by atoms with van der Waals surface area (Å²) in [6, 6.07) is 0. The number of nitrogens with one attached hydrogen (secondary N) is 1. The first-order valence-electron chi connectivity index (χ1n) is 5.65. The van der Waals surface area contributed by atoms with E-state index in [1.165, 1.54) is 6.08 Å². The number of carboxylic acid groups (broad SMARTS) is 1. The quantitative estimate of drug-likeness (QED) is 0.716. The lowest BCUT2D eigenvalue weighted by Crippen LogP contribution is -2.56. The minimum Gasteiger partial charge on any atom is -0.480 e. The second kappa shape index (κ2) is 5.14. The van der Waals surface area contributed by atoms with Gasteiger partial charge in [-0.1, -0.05) is 13.0 Å². The average Bonchev–Trinajstić information content (AvgIpc) is 2.22. The van der Waals surface area contributed by atoms with Crippen LogP contribution >= 0.6 is 0 Å². The van der Waals surface area contributed by atoms with Crippen LogP contribution < -0.4 is 5.32 Å². The lowest BCUT2D eigenvalue weighted by Gasteiger charge is -2.36. The summed E-state index contributed by atoms with van der Waals surface area (Å²) in [4.78, 5) is 22.7. The molecule has 0 unspecified atom stereocenters. The molecule has 1 fully saturated rings. The van der Waals surface area contributed by atoms with Crippen LogP contribution in [0.1, 0.15) is 39.0 Å². The summed E-state index contributed by atoms with van der Waals surface area (Å²) in [5.74, 6) is -0.632. The van der Waals surface area contributed by atoms with Crippen molar-refractivity contribution in [3.05, 3.63) is 12.7 Å². The maximum Gasteiger partial charge on any atom is 0.329 e. The van der Waals surface area contributed by atoms with Gasteiger partial charge in [0.2, 0.25) is 5.91 Å². The standard InChI is InChI=1S/C12H19NO3/c1-3-4-10(14)13-12(11(15)16)7-5-9(2)6-8-12/h3,9H,1,4-8H2,2H3,(H,13,14)(H,15,16). The Hall–Kier alpha value is -1.32. The molecular weight excluding hydrogens is 206 g/mol. The summed E-state index contributed by atoms with van der Waals surface area (Å²) >= 11 is 0. The number of amides is 1. The van der Waals surface area contributed by atoms with Crippen molar-refractivity contribution < 1.29 is 14.7 Å². The first-order chi connectivity index (χ1) is 7.50. The van der Waals surface area contributed by atoms with Crippen molar-refractivity contribution in [3.8, 4) is 0 Å². The number of rotatable bonds is 4. The van der Waals surface area contributed by atoms with Crippen LogP contribution in [0.4, 0.5) is 0 Å². The Kier molecular flexibility index (Phi) is 4.10. The molecule has 2 N–H and O–H groups in total. The molecule has 0 aliphatic heterocycles. The fourth-order valence-corrected chi connectivity index (χ4v) is 2.10. The molecule has 1 rings (SSSR count). The zero-order valence-electron chi connectivity index (χ0n) is 9.66. The third-order valence-corrected chi connectivity index (χ3v) is 3.25. The van der Waals surface area contributed by atoms with Gasteiger partial charge >= 0.3 is 5.97 Å². The van der Waals surface area contributed by atoms with Crippen LogP contribution in [0.2, 0.25) is 0 Å². The van der Waals surface area contributed by atoms with E-state index in [9.17, 15) is 14.7 Å². The largest absolute Gasteiger partial charge is 0.480 e. The molecule has 16 heavy (non-hydrogen) atoms. The number of carbonyl (C=O) groups is 2. The van der Waals surface area contributed by atoms with E-state index in [1.54, 1.807) is 0 Å². The molecular formula is C12H19NO3. The monoisotopic (exact) mass is 225 g/mol. The molecule has 0 atom stereocenters. The van der Waals surface area contributed by atoms with Crippen LogP contribution in [0, 0.1) is 5.92 Å². The number of carbonyl (C=O) groups excluding carboxylic acids is 1. The molecule has 0 radical (unpaired) electrons. The molecule has 1 aliphatic carbocycles. The van der Waals surface area contributed by atoms with Crippen molar-refractivity contribution in [2.45, 2.75) is 44.6 Å². The van der Waals surface area contributed by atoms with E-state index in [0.717, 1.165) is 12.8 Å². The van der Waals surface area contributed by atoms with Crippen molar-refractivity contribution in [1.29, 1.82) is 0 Å². The Balaban J connectivity index is 2.70. The highest BCUT2D eigenvalue weighted by Crippen LogP contribution is 2.32. The third-order valence-electron chi connectivity index (χ3n) is 3.25. The Morgan fingerprint density at radius 1 is 1.50 bits per heavy atom. The van der Waals surface area contributed by atoms with E-state index in [-0.39, 0.29) is 12.3 Å². The van der Waals surface area contributed by atoms with Crippen LogP contribution in [0.25, 0.3) is 0 Å². The number of hydrogen-bond acceptors (Lipinski definition) is 2. The minimum atomic E-state index is -1.05. The van der Waals surface area contributed by atoms with Crippen LogP contribution in [0.3, 0.4) is 0 Å². The van der Waals surface area contributed by atoms with Crippen molar-refractivity contribution in [2.75, 3.05) is 0 Å². The lowest BCUT2D eigenvalue weighted by molar-refractivity contribution is -0.149. The highest BCUT2D eigenvalue weighted by atomic mass is 16.4. The second-order valence-corrected chi connectivity index (χ2v) is 4.61. The van der Waals surface area contributed by atoms with Crippen molar-refractivity contribution >= 4 is 11.9 Å². The van der Waals surface area contributed by atoms with Gasteiger partial charge in [0.05, 0.1) is 0 Å². The predicted octanol–water partition coefficient (Wildman–Crippen LogP) is 1.71. The first kappa shape index (κ1) is 12.7. The topological polar surface area (TPSA) is 66.4 Å². The van der Waals surface area contributed by atoms with Gasteiger partial charge in [-0.3, -0.25) is 4.79 Å². The molecule has 1 amide bonds. The summed E-state index contributed by atoms with van der Waals surface area (Å²) in [5, 5.41) is 11.9. The average molecular weight is 225 g/mol. The van der Waals surface area contributed by atoms with E-state index >= 15 is 0 Å². The van der Waals surface area contributed by atoms with Gasteiger partial charge < -0.3 is 10.4 Å². The summed E-state index contributed by atoms with van der Waals surface area (Å²) in [7, 11) is 0. The molecule has 0 bridgehead atoms. The molecule has 90 valence electrons. The SMILES string of the molecule is C=CCC(=O)NC1(C(=O)O)CCC(C)CC1. The van der Waals surface area contributed by atoms with Gasteiger partial charge in [0.1, 0.15) is 5.54 Å². The molecule has 1 saturated carbocycles. The Morgan fingerprint density at radius 3 is 2.50 bits per heavy atom. The van der Waals surface area contributed by atoms with Crippen LogP contribution in [0.5, 0.6) is 0 Å². The lowest BCUT2D eigenvalue weighted by atomic mass is 9.77. The van der Waals surface area contributed by atoms with E-state index in [2.05, 4.69) is 18.8 Å². The fourth-order valence-electron chi connectivity index (χ4n) is 2.10. The first-order valence-corrected chi connectivity index (χ1v) is 5.65. The van der Waals surface area contributed by atoms with Gasteiger partial charge in [-0.2, -0.15) is 0 Å². The van der Waals surface area contributed by atoms with Gasteiger partial charge in [0.15, 0.2) is 0 Å². The summed E-state index contributed by atoms with van der Waals surface area (Å²) in [5.41, 5.74) is -1.05. The predicted molar refractivity (Wildman–Crippen MR) is 61.0 cm³/mol. The molecule has 0 spiro atoms. The molecule has 0 aromatic rings. The van der Waals surface area contributed by atoms with Gasteiger partial charge in [-0.15, -0.1) is 6.58 Å². The van der Waals surface area contributed by atoms with Gasteiger partial charge in [-0.25, -0.2) is 4.79 Å². The minimum absolute atomic E-state index is 0.171. The zero-order valence-corrected chi connectivity index (χ0v) is 9.66. The maximum atomic E-state index is 11.5. The molecule has 0 aromatic heterocycles. The van der Waals surface area contributed by atoms with Gasteiger partial charge in [0.25, 0.3) is 0 Å². The summed E-state index contributed by atoms with van der Waals surface area (Å²) in [6.45, 7) is 5.57. The normalized spacial score (nSPS) is 29.4. The molecule has 0 saturated heterocycles. The van der Waals surface area contributed by atoms with E-state index < -0.39 is 11.5 Å². The number of hydrogen-bond donors (Lipinski definition) is 2. The summed E-state index contributed by atoms with van der Waals surface area (Å²) in [6.07, 6.45) is 4.39. The molecule has 0 heterocycles. The third kappa shape index (κ3) is 2.84. The van der Waals surface area contributed by atoms with Gasteiger partial charge in [0, 0.05) is 6.42 Å². The Labute approximate surface area is 95.7 Å². The summed E-state index contributed by atoms with van der Waals surface area (Å²) < 4.78 is 0. The van der Waals surface area contributed by atoms with Crippen LogP contribution in [-0.2, 0) is 9.59 Å². The highest BCUT2D eigenvalue weighted by molar-refractivity contribution is 5.87. The number of carboxylic acids is 1.